The molecule has 0 fully saturated rings. The van der Waals surface area contributed by atoms with Crippen LogP contribution in [0.5, 0.6) is 5.75 Å². The lowest BCUT2D eigenvalue weighted by Crippen LogP contribution is -2.24. The molecule has 7 heteroatoms. The van der Waals surface area contributed by atoms with Crippen molar-refractivity contribution in [3.8, 4) is 5.75 Å². The van der Waals surface area contributed by atoms with E-state index in [4.69, 9.17) is 4.74 Å². The molecule has 0 bridgehead atoms. The highest BCUT2D eigenvalue weighted by molar-refractivity contribution is 7.89. The largest absolute Gasteiger partial charge is 0.495 e. The normalized spacial score (nSPS) is 11.2. The van der Waals surface area contributed by atoms with E-state index < -0.39 is 15.9 Å². The van der Waals surface area contributed by atoms with E-state index in [-0.39, 0.29) is 11.4 Å². The highest BCUT2D eigenvalue weighted by Gasteiger charge is 2.18. The van der Waals surface area contributed by atoms with E-state index in [1.807, 2.05) is 13.0 Å². The third kappa shape index (κ3) is 4.37. The van der Waals surface area contributed by atoms with Crippen LogP contribution in [-0.2, 0) is 10.0 Å². The summed E-state index contributed by atoms with van der Waals surface area (Å²) in [5.74, 6) is 0.142. The van der Waals surface area contributed by atoms with Gasteiger partial charge in [0.15, 0.2) is 0 Å². The molecule has 2 N–H and O–H groups in total. The lowest BCUT2D eigenvalue weighted by atomic mass is 10.1. The van der Waals surface area contributed by atoms with Crippen molar-refractivity contribution in [2.75, 3.05) is 19.0 Å². The van der Waals surface area contributed by atoms with Crippen LogP contribution in [0.1, 0.15) is 28.4 Å². The molecule has 0 atom stereocenters. The predicted octanol–water partition coefficient (Wildman–Crippen LogP) is 2.86. The van der Waals surface area contributed by atoms with Crippen LogP contribution >= 0.6 is 0 Å². The fraction of sp³-hybridized carbons (Fsp3) is 0.278. The number of hydrogen-bond donors (Lipinski definition) is 2. The lowest BCUT2D eigenvalue weighted by molar-refractivity contribution is 0.102. The molecular weight excluding hydrogens is 340 g/mol. The zero-order chi connectivity index (χ0) is 18.6. The summed E-state index contributed by atoms with van der Waals surface area (Å²) in [5.41, 5.74) is 2.48. The maximum Gasteiger partial charge on any atom is 0.256 e. The van der Waals surface area contributed by atoms with Crippen LogP contribution in [0.25, 0.3) is 0 Å². The maximum atomic E-state index is 12.7. The van der Waals surface area contributed by atoms with Gasteiger partial charge in [-0.1, -0.05) is 19.1 Å². The standard InChI is InChI=1S/C18H22N2O4S/c1-5-19-25(22,23)14-8-7-13(3)15(11-14)18(21)20-16-10-12(2)6-9-17(16)24-4/h6-11,19H,5H2,1-4H3,(H,20,21). The van der Waals surface area contributed by atoms with Crippen LogP contribution in [0.4, 0.5) is 5.69 Å². The Hall–Kier alpha value is -2.38. The molecule has 0 saturated heterocycles. The zero-order valence-corrected chi connectivity index (χ0v) is 15.5. The number of nitrogens with one attached hydrogen (secondary N) is 2. The number of ether oxygens (including phenoxy) is 1. The summed E-state index contributed by atoms with van der Waals surface area (Å²) in [6.45, 7) is 5.64. The smallest absolute Gasteiger partial charge is 0.256 e. The number of aryl methyl sites for hydroxylation is 2. The minimum Gasteiger partial charge on any atom is -0.495 e. The van der Waals surface area contributed by atoms with Crippen molar-refractivity contribution >= 4 is 21.6 Å². The molecule has 0 spiro atoms. The first-order valence-corrected chi connectivity index (χ1v) is 9.33. The molecule has 25 heavy (non-hydrogen) atoms. The minimum atomic E-state index is -3.63. The van der Waals surface area contributed by atoms with Crippen molar-refractivity contribution in [3.05, 3.63) is 53.1 Å². The quantitative estimate of drug-likeness (QED) is 0.827. The van der Waals surface area contributed by atoms with Gasteiger partial charge in [0, 0.05) is 12.1 Å². The van der Waals surface area contributed by atoms with E-state index in [9.17, 15) is 13.2 Å². The van der Waals surface area contributed by atoms with Crippen LogP contribution in [0.2, 0.25) is 0 Å². The number of rotatable bonds is 6. The molecule has 0 aliphatic heterocycles. The second kappa shape index (κ2) is 7.67. The number of methoxy groups -OCH3 is 1. The van der Waals surface area contributed by atoms with Crippen LogP contribution in [0, 0.1) is 13.8 Å². The van der Waals surface area contributed by atoms with Gasteiger partial charge < -0.3 is 10.1 Å². The third-order valence-electron chi connectivity index (χ3n) is 3.70. The third-order valence-corrected chi connectivity index (χ3v) is 5.24. The second-order valence-electron chi connectivity index (χ2n) is 5.64. The van der Waals surface area contributed by atoms with Crippen molar-refractivity contribution in [1.29, 1.82) is 0 Å². The molecule has 0 radical (unpaired) electrons. The van der Waals surface area contributed by atoms with E-state index in [2.05, 4.69) is 10.0 Å². The Kier molecular flexibility index (Phi) is 5.81. The number of anilines is 1. The molecule has 0 saturated carbocycles. The van der Waals surface area contributed by atoms with E-state index in [0.717, 1.165) is 5.56 Å². The van der Waals surface area contributed by atoms with Gasteiger partial charge in [0.2, 0.25) is 10.0 Å². The summed E-state index contributed by atoms with van der Waals surface area (Å²) in [6.07, 6.45) is 0. The molecule has 0 heterocycles. The van der Waals surface area contributed by atoms with Crippen LogP contribution in [-0.4, -0.2) is 28.0 Å². The van der Waals surface area contributed by atoms with Gasteiger partial charge in [-0.3, -0.25) is 4.79 Å². The van der Waals surface area contributed by atoms with Crippen molar-refractivity contribution < 1.29 is 17.9 Å². The fourth-order valence-corrected chi connectivity index (χ4v) is 3.46. The van der Waals surface area contributed by atoms with E-state index >= 15 is 0 Å². The van der Waals surface area contributed by atoms with Gasteiger partial charge in [0.1, 0.15) is 5.75 Å². The number of carbonyl (C=O) groups is 1. The summed E-state index contributed by atoms with van der Waals surface area (Å²) in [7, 11) is -2.11. The molecular formula is C18H22N2O4S. The summed E-state index contributed by atoms with van der Waals surface area (Å²) < 4.78 is 32.0. The van der Waals surface area contributed by atoms with Gasteiger partial charge >= 0.3 is 0 Å². The number of hydrogen-bond acceptors (Lipinski definition) is 4. The van der Waals surface area contributed by atoms with Gasteiger partial charge in [-0.25, -0.2) is 13.1 Å². The predicted molar refractivity (Wildman–Crippen MR) is 97.7 cm³/mol. The summed E-state index contributed by atoms with van der Waals surface area (Å²) in [4.78, 5) is 12.7. The van der Waals surface area contributed by atoms with E-state index in [1.165, 1.54) is 19.2 Å². The number of sulfonamides is 1. The van der Waals surface area contributed by atoms with Crippen LogP contribution in [0.15, 0.2) is 41.3 Å². The Balaban J connectivity index is 2.38. The highest BCUT2D eigenvalue weighted by atomic mass is 32.2. The first-order valence-electron chi connectivity index (χ1n) is 7.84. The SMILES string of the molecule is CCNS(=O)(=O)c1ccc(C)c(C(=O)Nc2cc(C)ccc2OC)c1. The van der Waals surface area contributed by atoms with Gasteiger partial charge in [0.05, 0.1) is 17.7 Å². The summed E-state index contributed by atoms with van der Waals surface area (Å²) >= 11 is 0. The molecule has 6 nitrogen and oxygen atoms in total. The van der Waals surface area contributed by atoms with Crippen molar-refractivity contribution in [1.82, 2.24) is 4.72 Å². The van der Waals surface area contributed by atoms with E-state index in [0.29, 0.717) is 22.6 Å². The van der Waals surface area contributed by atoms with Crippen molar-refractivity contribution in [2.24, 2.45) is 0 Å². The Morgan fingerprint density at radius 3 is 2.48 bits per heavy atom. The van der Waals surface area contributed by atoms with Gasteiger partial charge in [-0.15, -0.1) is 0 Å². The monoisotopic (exact) mass is 362 g/mol. The average Bonchev–Trinajstić information content (AvgIpc) is 2.55. The Morgan fingerprint density at radius 2 is 1.84 bits per heavy atom. The molecule has 2 aromatic carbocycles. The number of benzene rings is 2. The first kappa shape index (κ1) is 19.0. The molecule has 2 rings (SSSR count). The number of carbonyl (C=O) groups excluding carboxylic acids is 1. The highest BCUT2D eigenvalue weighted by Crippen LogP contribution is 2.26. The summed E-state index contributed by atoms with van der Waals surface area (Å²) in [5, 5.41) is 2.79. The topological polar surface area (TPSA) is 84.5 Å². The molecule has 2 aromatic rings. The van der Waals surface area contributed by atoms with Gasteiger partial charge in [0.25, 0.3) is 5.91 Å². The number of amides is 1. The van der Waals surface area contributed by atoms with Crippen molar-refractivity contribution in [2.45, 2.75) is 25.7 Å². The zero-order valence-electron chi connectivity index (χ0n) is 14.7. The molecule has 0 aliphatic rings. The van der Waals surface area contributed by atoms with Crippen molar-refractivity contribution in [3.63, 3.8) is 0 Å². The van der Waals surface area contributed by atoms with Crippen LogP contribution < -0.4 is 14.8 Å². The molecule has 1 amide bonds. The molecule has 0 aliphatic carbocycles. The average molecular weight is 362 g/mol. The molecule has 0 unspecified atom stereocenters. The molecule has 134 valence electrons. The van der Waals surface area contributed by atoms with Crippen LogP contribution in [0.3, 0.4) is 0 Å². The van der Waals surface area contributed by atoms with E-state index in [1.54, 1.807) is 32.0 Å². The maximum absolute atomic E-state index is 12.7. The fourth-order valence-electron chi connectivity index (χ4n) is 2.40. The first-order chi connectivity index (χ1) is 11.8. The summed E-state index contributed by atoms with van der Waals surface area (Å²) in [6, 6.07) is 9.92. The minimum absolute atomic E-state index is 0.0568. The Labute approximate surface area is 148 Å². The van der Waals surface area contributed by atoms with Gasteiger partial charge in [-0.05, 0) is 49.2 Å². The molecule has 0 aromatic heterocycles. The Morgan fingerprint density at radius 1 is 1.12 bits per heavy atom. The lowest BCUT2D eigenvalue weighted by Gasteiger charge is -2.13. The Bertz CT molecular complexity index is 892. The second-order valence-corrected chi connectivity index (χ2v) is 7.40. The van der Waals surface area contributed by atoms with Gasteiger partial charge in [-0.2, -0.15) is 0 Å².